The highest BCUT2D eigenvalue weighted by Gasteiger charge is 2.60. The average molecular weight is 705 g/mol. The van der Waals surface area contributed by atoms with Crippen LogP contribution in [0.25, 0.3) is 27.6 Å². The zero-order valence-electron chi connectivity index (χ0n) is 28.0. The molecule has 1 fully saturated rings. The third-order valence-corrected chi connectivity index (χ3v) is 16.0. The van der Waals surface area contributed by atoms with Gasteiger partial charge in [-0.1, -0.05) is 6.08 Å². The fourth-order valence-corrected chi connectivity index (χ4v) is 12.5. The minimum Gasteiger partial charge on any atom is -0.486 e. The zero-order chi connectivity index (χ0) is 34.2. The summed E-state index contributed by atoms with van der Waals surface area (Å²) in [7, 11) is -3.41. The summed E-state index contributed by atoms with van der Waals surface area (Å²) in [6.07, 6.45) is 13.6. The topological polar surface area (TPSA) is 128 Å². The predicted molar refractivity (Wildman–Crippen MR) is 189 cm³/mol. The molecule has 1 N–H and O–H groups in total. The molecular weight excluding hydrogens is 663 g/mol. The van der Waals surface area contributed by atoms with E-state index in [1.807, 2.05) is 20.2 Å². The number of ether oxygens (including phenoxy) is 1. The molecule has 4 aliphatic rings. The highest BCUT2D eigenvalue weighted by atomic mass is 32.3. The second kappa shape index (κ2) is 11.6. The summed E-state index contributed by atoms with van der Waals surface area (Å²) < 4.78 is 68.6. The number of pyridine rings is 2. The molecule has 1 atom stereocenters. The molecule has 7 heterocycles. The van der Waals surface area contributed by atoms with Gasteiger partial charge in [0, 0.05) is 48.5 Å². The first-order chi connectivity index (χ1) is 23.4. The summed E-state index contributed by atoms with van der Waals surface area (Å²) >= 11 is 0. The van der Waals surface area contributed by atoms with E-state index < -0.39 is 24.1 Å². The van der Waals surface area contributed by atoms with Crippen LogP contribution in [0.2, 0.25) is 0 Å². The molecular formula is C35H42N7O5S2+. The van der Waals surface area contributed by atoms with Gasteiger partial charge in [-0.05, 0) is 87.8 Å². The van der Waals surface area contributed by atoms with Gasteiger partial charge in [-0.15, -0.1) is 0 Å². The second-order valence-corrected chi connectivity index (χ2v) is 18.5. The Morgan fingerprint density at radius 1 is 0.959 bits per heavy atom. The normalized spacial score (nSPS) is 23.9. The van der Waals surface area contributed by atoms with Crippen LogP contribution in [0.1, 0.15) is 42.7 Å². The number of aromatic nitrogens is 4. The van der Waals surface area contributed by atoms with Crippen LogP contribution >= 0.6 is 0 Å². The number of nitrogens with zero attached hydrogens (tertiary/aromatic N) is 6. The van der Waals surface area contributed by atoms with E-state index in [1.165, 1.54) is 10.0 Å². The van der Waals surface area contributed by atoms with Crippen LogP contribution in [0, 0.1) is 0 Å². The number of rotatable bonds is 6. The van der Waals surface area contributed by atoms with Gasteiger partial charge in [-0.25, -0.2) is 24.8 Å². The lowest BCUT2D eigenvalue weighted by atomic mass is 9.91. The molecule has 0 bridgehead atoms. The lowest BCUT2D eigenvalue weighted by Gasteiger charge is -2.40. The zero-order valence-corrected chi connectivity index (χ0v) is 29.7. The smallest absolute Gasteiger partial charge is 0.265 e. The van der Waals surface area contributed by atoms with Gasteiger partial charge in [0.05, 0.1) is 42.6 Å². The number of likely N-dealkylation sites (tertiary alicyclic amines) is 1. The maximum absolute atomic E-state index is 15.5. The molecule has 1 unspecified atom stereocenters. The van der Waals surface area contributed by atoms with Gasteiger partial charge in [0.15, 0.2) is 11.5 Å². The number of quaternary nitrogens is 1. The van der Waals surface area contributed by atoms with Crippen molar-refractivity contribution in [3.63, 3.8) is 0 Å². The molecule has 0 radical (unpaired) electrons. The van der Waals surface area contributed by atoms with E-state index in [-0.39, 0.29) is 12.3 Å². The van der Waals surface area contributed by atoms with Gasteiger partial charge < -0.3 is 15.0 Å². The lowest BCUT2D eigenvalue weighted by Crippen LogP contribution is -2.54. The number of hydrogen-bond acceptors (Lipinski definition) is 9. The first-order valence-corrected chi connectivity index (χ1v) is 19.7. The summed E-state index contributed by atoms with van der Waals surface area (Å²) in [5.41, 5.74) is 5.01. The van der Waals surface area contributed by atoms with Gasteiger partial charge in [-0.2, -0.15) is 0 Å². The molecule has 0 amide bonds. The summed E-state index contributed by atoms with van der Waals surface area (Å²) in [5.74, 6) is 0.459. The van der Waals surface area contributed by atoms with E-state index >= 15 is 16.8 Å². The number of likely N-dealkylation sites (N-methyl/N-ethyl adjacent to an activating group) is 1. The van der Waals surface area contributed by atoms with Crippen molar-refractivity contribution in [2.75, 3.05) is 60.5 Å². The molecule has 14 heteroatoms. The van der Waals surface area contributed by atoms with Gasteiger partial charge in [0.2, 0.25) is 4.08 Å². The molecule has 8 rings (SSSR count). The molecule has 4 aromatic rings. The van der Waals surface area contributed by atoms with Crippen LogP contribution < -0.4 is 5.32 Å². The molecule has 0 saturated carbocycles. The van der Waals surface area contributed by atoms with Gasteiger partial charge in [-0.3, -0.25) is 14.5 Å². The van der Waals surface area contributed by atoms with Gasteiger partial charge >= 0.3 is 0 Å². The average Bonchev–Trinajstić information content (AvgIpc) is 3.69. The van der Waals surface area contributed by atoms with Crippen molar-refractivity contribution in [2.24, 2.45) is 0 Å². The van der Waals surface area contributed by atoms with Crippen molar-refractivity contribution < 1.29 is 26.1 Å². The number of hydrogen-bond donors (Lipinski definition) is 1. The quantitative estimate of drug-likeness (QED) is 0.300. The van der Waals surface area contributed by atoms with Crippen LogP contribution in [0.3, 0.4) is 0 Å². The van der Waals surface area contributed by atoms with E-state index in [1.54, 1.807) is 55.1 Å². The molecule has 258 valence electrons. The van der Waals surface area contributed by atoms with Crippen LogP contribution in [0.15, 0.2) is 78.7 Å². The largest absolute Gasteiger partial charge is 0.486 e. The van der Waals surface area contributed by atoms with Crippen molar-refractivity contribution in [1.29, 1.82) is 0 Å². The Morgan fingerprint density at radius 2 is 1.63 bits per heavy atom. The first kappa shape index (κ1) is 32.4. The molecule has 4 aromatic heterocycles. The minimum absolute atomic E-state index is 0.0916. The molecule has 1 saturated heterocycles. The first-order valence-electron chi connectivity index (χ1n) is 16.8. The number of allylic oxidation sites excluding steroid dienone is 2. The van der Waals surface area contributed by atoms with Crippen molar-refractivity contribution in [3.05, 3.63) is 89.9 Å². The molecule has 1 aliphatic carbocycles. The molecule has 0 aromatic carbocycles. The van der Waals surface area contributed by atoms with Crippen molar-refractivity contribution in [1.82, 2.24) is 28.1 Å². The van der Waals surface area contributed by atoms with Gasteiger partial charge in [0.1, 0.15) is 13.2 Å². The van der Waals surface area contributed by atoms with E-state index in [2.05, 4.69) is 27.2 Å². The van der Waals surface area contributed by atoms with E-state index in [0.29, 0.717) is 64.0 Å². The Bertz CT molecular complexity index is 2290. The Morgan fingerprint density at radius 3 is 2.33 bits per heavy atom. The summed E-state index contributed by atoms with van der Waals surface area (Å²) in [6, 6.07) is 6.77. The van der Waals surface area contributed by atoms with E-state index in [0.717, 1.165) is 53.3 Å². The summed E-state index contributed by atoms with van der Waals surface area (Å²) in [6.45, 7) is 4.17. The second-order valence-electron chi connectivity index (χ2n) is 14.1. The monoisotopic (exact) mass is 704 g/mol. The fourth-order valence-electron chi connectivity index (χ4n) is 7.88. The predicted octanol–water partition coefficient (Wildman–Crippen LogP) is 3.60. The Kier molecular flexibility index (Phi) is 7.68. The number of piperidine rings is 1. The molecule has 3 aliphatic heterocycles. The number of nitrogens with one attached hydrogen (secondary N) is 1. The van der Waals surface area contributed by atoms with Gasteiger partial charge in [0.25, 0.3) is 20.0 Å². The van der Waals surface area contributed by atoms with Crippen LogP contribution in [0.4, 0.5) is 0 Å². The maximum Gasteiger partial charge on any atom is 0.265 e. The third-order valence-electron chi connectivity index (χ3n) is 10.8. The van der Waals surface area contributed by atoms with Crippen LogP contribution in [-0.4, -0.2) is 109 Å². The van der Waals surface area contributed by atoms with Crippen molar-refractivity contribution in [3.8, 4) is 0 Å². The summed E-state index contributed by atoms with van der Waals surface area (Å²) in [5, 5.41) is 3.30. The third kappa shape index (κ3) is 4.94. The number of fused-ring (bicyclic) bond motifs is 2. The minimum atomic E-state index is -4.76. The fraction of sp³-hybridized carbons (Fsp3) is 0.429. The Labute approximate surface area is 287 Å². The summed E-state index contributed by atoms with van der Waals surface area (Å²) in [4.78, 5) is 11.5. The Balaban J connectivity index is 1.36. The molecule has 0 spiro atoms. The van der Waals surface area contributed by atoms with E-state index in [9.17, 15) is 0 Å². The van der Waals surface area contributed by atoms with Crippen molar-refractivity contribution in [2.45, 2.75) is 35.7 Å². The van der Waals surface area contributed by atoms with E-state index in [4.69, 9.17) is 4.74 Å². The van der Waals surface area contributed by atoms with Crippen LogP contribution in [0.5, 0.6) is 0 Å². The highest BCUT2D eigenvalue weighted by molar-refractivity contribution is 8.09. The SMILES string of the molecule is CN1CCC(c2cn(S(=O)(=O)C3(S(=O)(=O)n4cc(C5=CCNCC5)c5ncccc54)C=CC4=C(C3)OCC[N+]4(C)C)c3cccnc23)CC1. The molecule has 49 heavy (non-hydrogen) atoms. The Hall–Kier alpha value is -3.82. The standard InChI is InChI=1S/C35H42N7O5S2/c1-39-18-11-26(12-19-39)28-24-41(30-7-5-15-38-34(28)30)49(45,46)35(13-8-31-32(22-35)47-21-20-42(31,2)3)48(43,44)40-23-27(25-9-16-36-17-10-25)33-29(40)6-4-14-37-33/h4-9,13-15,23-24,26,36H,10-12,16-22H2,1-3H3/q+1. The maximum atomic E-state index is 15.5. The van der Waals surface area contributed by atoms with Crippen LogP contribution in [-0.2, 0) is 24.8 Å². The highest BCUT2D eigenvalue weighted by Crippen LogP contribution is 2.46. The molecule has 12 nitrogen and oxygen atoms in total. The lowest BCUT2D eigenvalue weighted by molar-refractivity contribution is -0.854. The van der Waals surface area contributed by atoms with Crippen molar-refractivity contribution >= 4 is 47.7 Å².